The van der Waals surface area contributed by atoms with Gasteiger partial charge in [0.05, 0.1) is 12.1 Å². The summed E-state index contributed by atoms with van der Waals surface area (Å²) in [6.07, 6.45) is -4.53. The molecule has 0 bridgehead atoms. The molecule has 72 valence electrons. The van der Waals surface area contributed by atoms with Gasteiger partial charge >= 0.3 is 6.18 Å². The summed E-state index contributed by atoms with van der Waals surface area (Å²) in [4.78, 5) is 13.2. The van der Waals surface area contributed by atoms with E-state index < -0.39 is 29.1 Å². The number of carbonyl (C=O) groups excluding carboxylic acids is 1. The molecule has 0 unspecified atom stereocenters. The molecule has 1 heterocycles. The molecule has 2 N–H and O–H groups in total. The number of ketones is 1. The van der Waals surface area contributed by atoms with Crippen molar-refractivity contribution in [3.05, 3.63) is 16.1 Å². The summed E-state index contributed by atoms with van der Waals surface area (Å²) in [5, 5.41) is 0. The molecule has 0 spiro atoms. The highest BCUT2D eigenvalue weighted by atomic mass is 32.1. The van der Waals surface area contributed by atoms with Crippen LogP contribution in [-0.2, 0) is 6.18 Å². The molecule has 1 aromatic rings. The van der Waals surface area contributed by atoms with E-state index in [4.69, 9.17) is 5.73 Å². The fourth-order valence-electron chi connectivity index (χ4n) is 0.743. The monoisotopic (exact) mass is 210 g/mol. The number of rotatable bonds is 2. The topological polar surface area (TPSA) is 56.0 Å². The molecule has 1 rings (SSSR count). The van der Waals surface area contributed by atoms with Crippen LogP contribution in [-0.4, -0.2) is 17.3 Å². The van der Waals surface area contributed by atoms with Gasteiger partial charge in [0.1, 0.15) is 10.6 Å². The number of alkyl halides is 3. The fraction of sp³-hybridized carbons (Fsp3) is 0.333. The Hall–Kier alpha value is -0.950. The van der Waals surface area contributed by atoms with Crippen LogP contribution >= 0.6 is 11.3 Å². The number of hydrogen-bond acceptors (Lipinski definition) is 4. The van der Waals surface area contributed by atoms with Gasteiger partial charge < -0.3 is 5.73 Å². The highest BCUT2D eigenvalue weighted by Gasteiger charge is 2.37. The second-order valence-electron chi connectivity index (χ2n) is 2.16. The van der Waals surface area contributed by atoms with Crippen molar-refractivity contribution in [1.29, 1.82) is 0 Å². The van der Waals surface area contributed by atoms with Crippen LogP contribution in [0.3, 0.4) is 0 Å². The molecule has 0 saturated carbocycles. The lowest BCUT2D eigenvalue weighted by atomic mass is 10.2. The van der Waals surface area contributed by atoms with E-state index in [2.05, 4.69) is 4.98 Å². The Bertz CT molecular complexity index is 320. The number of thiazole rings is 1. The number of carbonyl (C=O) groups is 1. The van der Waals surface area contributed by atoms with Gasteiger partial charge in [0.15, 0.2) is 5.78 Å². The summed E-state index contributed by atoms with van der Waals surface area (Å²) >= 11 is 0.388. The molecule has 0 aromatic carbocycles. The second kappa shape index (κ2) is 3.43. The molecule has 7 heteroatoms. The first-order valence-electron chi connectivity index (χ1n) is 3.20. The molecule has 1 aromatic heterocycles. The van der Waals surface area contributed by atoms with Crippen molar-refractivity contribution in [2.75, 3.05) is 6.54 Å². The zero-order valence-corrected chi connectivity index (χ0v) is 7.08. The Kier molecular flexibility index (Phi) is 2.67. The van der Waals surface area contributed by atoms with E-state index in [0.29, 0.717) is 11.3 Å². The molecule has 0 aliphatic rings. The minimum absolute atomic E-state index is 0.388. The van der Waals surface area contributed by atoms with E-state index in [0.717, 1.165) is 5.51 Å². The van der Waals surface area contributed by atoms with Crippen LogP contribution < -0.4 is 5.73 Å². The minimum atomic E-state index is -4.53. The van der Waals surface area contributed by atoms with Crippen LogP contribution in [0.2, 0.25) is 0 Å². The SMILES string of the molecule is NCC(=O)c1ncsc1C(F)(F)F. The third-order valence-corrected chi connectivity index (χ3v) is 2.15. The molecule has 13 heavy (non-hydrogen) atoms. The predicted molar refractivity (Wildman–Crippen MR) is 40.5 cm³/mol. The van der Waals surface area contributed by atoms with Crippen molar-refractivity contribution >= 4 is 17.1 Å². The first-order chi connectivity index (χ1) is 5.96. The van der Waals surface area contributed by atoms with Crippen LogP contribution in [0, 0.1) is 0 Å². The quantitative estimate of drug-likeness (QED) is 0.748. The zero-order chi connectivity index (χ0) is 10.1. The maximum Gasteiger partial charge on any atom is 0.427 e. The normalized spacial score (nSPS) is 11.7. The Balaban J connectivity index is 3.10. The van der Waals surface area contributed by atoms with Gasteiger partial charge in [0, 0.05) is 0 Å². The predicted octanol–water partition coefficient (Wildman–Crippen LogP) is 1.30. The summed E-state index contributed by atoms with van der Waals surface area (Å²) in [5.74, 6) is -0.798. The molecular formula is C6H5F3N2OS. The maximum atomic E-state index is 12.2. The Labute approximate surface area is 75.4 Å². The summed E-state index contributed by atoms with van der Waals surface area (Å²) < 4.78 is 36.5. The van der Waals surface area contributed by atoms with Crippen molar-refractivity contribution in [2.45, 2.75) is 6.18 Å². The number of Topliss-reactive ketones (excluding diaryl/α,β-unsaturated/α-hetero) is 1. The van der Waals surface area contributed by atoms with E-state index >= 15 is 0 Å². The molecule has 0 atom stereocenters. The number of nitrogens with two attached hydrogens (primary N) is 1. The second-order valence-corrected chi connectivity index (χ2v) is 3.01. The van der Waals surface area contributed by atoms with E-state index in [1.54, 1.807) is 0 Å². The van der Waals surface area contributed by atoms with E-state index in [1.807, 2.05) is 0 Å². The lowest BCUT2D eigenvalue weighted by molar-refractivity contribution is -0.134. The van der Waals surface area contributed by atoms with Gasteiger partial charge in [0.2, 0.25) is 0 Å². The van der Waals surface area contributed by atoms with Gasteiger partial charge in [-0.05, 0) is 0 Å². The van der Waals surface area contributed by atoms with Crippen LogP contribution in [0.5, 0.6) is 0 Å². The maximum absolute atomic E-state index is 12.2. The van der Waals surface area contributed by atoms with Crippen LogP contribution in [0.1, 0.15) is 15.4 Å². The van der Waals surface area contributed by atoms with Gasteiger partial charge in [-0.3, -0.25) is 4.79 Å². The number of halogens is 3. The van der Waals surface area contributed by atoms with Crippen LogP contribution in [0.25, 0.3) is 0 Å². The third kappa shape index (κ3) is 2.04. The van der Waals surface area contributed by atoms with Crippen LogP contribution in [0.4, 0.5) is 13.2 Å². The van der Waals surface area contributed by atoms with Gasteiger partial charge in [-0.2, -0.15) is 13.2 Å². The van der Waals surface area contributed by atoms with Gasteiger partial charge in [-0.15, -0.1) is 11.3 Å². The van der Waals surface area contributed by atoms with Crippen LogP contribution in [0.15, 0.2) is 5.51 Å². The highest BCUT2D eigenvalue weighted by molar-refractivity contribution is 7.10. The number of aromatic nitrogens is 1. The molecule has 0 radical (unpaired) electrons. The van der Waals surface area contributed by atoms with Crippen molar-refractivity contribution < 1.29 is 18.0 Å². The summed E-state index contributed by atoms with van der Waals surface area (Å²) in [6, 6.07) is 0. The molecular weight excluding hydrogens is 205 g/mol. The van der Waals surface area contributed by atoms with Crippen molar-refractivity contribution in [2.24, 2.45) is 5.73 Å². The first kappa shape index (κ1) is 10.1. The smallest absolute Gasteiger partial charge is 0.324 e. The number of hydrogen-bond donors (Lipinski definition) is 1. The van der Waals surface area contributed by atoms with Crippen molar-refractivity contribution in [1.82, 2.24) is 4.98 Å². The minimum Gasteiger partial charge on any atom is -0.324 e. The third-order valence-electron chi connectivity index (χ3n) is 1.27. The van der Waals surface area contributed by atoms with E-state index in [1.165, 1.54) is 0 Å². The summed E-state index contributed by atoms with van der Waals surface area (Å²) in [7, 11) is 0. The molecule has 0 fully saturated rings. The Morgan fingerprint density at radius 1 is 1.62 bits per heavy atom. The molecule has 0 aliphatic heterocycles. The summed E-state index contributed by atoms with van der Waals surface area (Å²) in [5.41, 5.74) is 5.32. The lowest BCUT2D eigenvalue weighted by Crippen LogP contribution is -2.18. The Morgan fingerprint density at radius 3 is 2.69 bits per heavy atom. The van der Waals surface area contributed by atoms with Gasteiger partial charge in [-0.25, -0.2) is 4.98 Å². The van der Waals surface area contributed by atoms with E-state index in [-0.39, 0.29) is 0 Å². The van der Waals surface area contributed by atoms with Crippen molar-refractivity contribution in [3.63, 3.8) is 0 Å². The molecule has 3 nitrogen and oxygen atoms in total. The summed E-state index contributed by atoms with van der Waals surface area (Å²) in [6.45, 7) is -0.465. The van der Waals surface area contributed by atoms with E-state index in [9.17, 15) is 18.0 Å². The first-order valence-corrected chi connectivity index (χ1v) is 4.08. The van der Waals surface area contributed by atoms with Gasteiger partial charge in [-0.1, -0.05) is 0 Å². The van der Waals surface area contributed by atoms with Crippen molar-refractivity contribution in [3.8, 4) is 0 Å². The highest BCUT2D eigenvalue weighted by Crippen LogP contribution is 2.34. The lowest BCUT2D eigenvalue weighted by Gasteiger charge is -2.03. The molecule has 0 aliphatic carbocycles. The largest absolute Gasteiger partial charge is 0.427 e. The molecule has 0 saturated heterocycles. The molecule has 0 amide bonds. The fourth-order valence-corrected chi connectivity index (χ4v) is 1.42. The zero-order valence-electron chi connectivity index (χ0n) is 6.26. The average molecular weight is 210 g/mol. The number of nitrogens with zero attached hydrogens (tertiary/aromatic N) is 1. The van der Waals surface area contributed by atoms with Gasteiger partial charge in [0.25, 0.3) is 0 Å². The average Bonchev–Trinajstić information content (AvgIpc) is 2.49. The Morgan fingerprint density at radius 2 is 2.23 bits per heavy atom. The standard InChI is InChI=1S/C6H5F3N2OS/c7-6(8,9)5-4(3(12)1-10)11-2-13-5/h2H,1,10H2.